The second kappa shape index (κ2) is 5.94. The number of hydrogen-bond donors (Lipinski definition) is 1. The second-order valence-corrected chi connectivity index (χ2v) is 7.04. The highest BCUT2D eigenvalue weighted by Gasteiger charge is 2.27. The summed E-state index contributed by atoms with van der Waals surface area (Å²) in [6, 6.07) is 1.73. The minimum atomic E-state index is -3.13. The molecule has 0 radical (unpaired) electrons. The molecule has 1 N–H and O–H groups in total. The van der Waals surface area contributed by atoms with E-state index >= 15 is 0 Å². The Morgan fingerprint density at radius 1 is 1.53 bits per heavy atom. The Morgan fingerprint density at radius 2 is 2.32 bits per heavy atom. The molecule has 0 amide bonds. The van der Waals surface area contributed by atoms with Crippen LogP contribution in [0.1, 0.15) is 30.9 Å². The minimum absolute atomic E-state index is 0.187. The summed E-state index contributed by atoms with van der Waals surface area (Å²) in [4.78, 5) is 0. The molecule has 7 heteroatoms. The van der Waals surface area contributed by atoms with E-state index in [0.717, 1.165) is 18.4 Å². The smallest absolute Gasteiger partial charge is 0.211 e. The molecule has 1 aromatic rings. The van der Waals surface area contributed by atoms with Crippen LogP contribution in [0.25, 0.3) is 0 Å². The average molecular weight is 285 g/mol. The van der Waals surface area contributed by atoms with Gasteiger partial charge in [-0.25, -0.2) is 12.7 Å². The molecular weight excluding hydrogens is 266 g/mol. The molecule has 1 saturated heterocycles. The molecule has 0 bridgehead atoms. The molecule has 1 aromatic heterocycles. The molecule has 2 unspecified atom stereocenters. The standard InChI is InChI=1S/C12H19N3O3S/c1-19(17,18)15-6-2-3-10(9-15)7-12(16)11-4-5-13-14-8-11/h4-5,8,10,12,16H,2-3,6-7,9H2,1H3. The van der Waals surface area contributed by atoms with Crippen LogP contribution < -0.4 is 0 Å². The van der Waals surface area contributed by atoms with Gasteiger partial charge in [0, 0.05) is 24.8 Å². The molecule has 2 atom stereocenters. The van der Waals surface area contributed by atoms with Gasteiger partial charge in [-0.2, -0.15) is 10.2 Å². The topological polar surface area (TPSA) is 83.4 Å². The first kappa shape index (κ1) is 14.4. The summed E-state index contributed by atoms with van der Waals surface area (Å²) >= 11 is 0. The van der Waals surface area contributed by atoms with E-state index in [2.05, 4.69) is 10.2 Å². The average Bonchev–Trinajstić information content (AvgIpc) is 2.39. The normalized spacial score (nSPS) is 23.2. The van der Waals surface area contributed by atoms with E-state index < -0.39 is 16.1 Å². The third-order valence-electron chi connectivity index (χ3n) is 3.50. The van der Waals surface area contributed by atoms with Crippen LogP contribution in [0, 0.1) is 5.92 Å². The Bertz CT molecular complexity index is 506. The molecule has 2 rings (SSSR count). The summed E-state index contributed by atoms with van der Waals surface area (Å²) in [5, 5.41) is 17.5. The maximum Gasteiger partial charge on any atom is 0.211 e. The summed E-state index contributed by atoms with van der Waals surface area (Å²) in [6.45, 7) is 1.08. The van der Waals surface area contributed by atoms with Crippen molar-refractivity contribution in [2.24, 2.45) is 5.92 Å². The Balaban J connectivity index is 1.96. The molecule has 1 aliphatic rings. The molecule has 2 heterocycles. The quantitative estimate of drug-likeness (QED) is 0.874. The van der Waals surface area contributed by atoms with E-state index in [1.54, 1.807) is 18.5 Å². The van der Waals surface area contributed by atoms with Crippen molar-refractivity contribution in [1.29, 1.82) is 0 Å². The lowest BCUT2D eigenvalue weighted by atomic mass is 9.91. The number of aliphatic hydroxyl groups is 1. The fourth-order valence-electron chi connectivity index (χ4n) is 2.47. The zero-order valence-corrected chi connectivity index (χ0v) is 11.8. The van der Waals surface area contributed by atoms with Gasteiger partial charge in [-0.15, -0.1) is 0 Å². The first-order valence-corrected chi connectivity index (χ1v) is 8.21. The summed E-state index contributed by atoms with van der Waals surface area (Å²) in [5.41, 5.74) is 0.728. The first-order chi connectivity index (χ1) is 8.97. The molecule has 19 heavy (non-hydrogen) atoms. The molecule has 0 spiro atoms. The van der Waals surface area contributed by atoms with Gasteiger partial charge in [-0.05, 0) is 31.2 Å². The lowest BCUT2D eigenvalue weighted by Crippen LogP contribution is -2.39. The summed E-state index contributed by atoms with van der Waals surface area (Å²) in [6.07, 6.45) is 6.06. The Labute approximate surface area is 113 Å². The highest BCUT2D eigenvalue weighted by molar-refractivity contribution is 7.88. The van der Waals surface area contributed by atoms with Gasteiger partial charge in [-0.3, -0.25) is 0 Å². The van der Waals surface area contributed by atoms with E-state index in [1.165, 1.54) is 10.6 Å². The lowest BCUT2D eigenvalue weighted by molar-refractivity contribution is 0.122. The van der Waals surface area contributed by atoms with Crippen LogP contribution in [0.3, 0.4) is 0 Å². The van der Waals surface area contributed by atoms with Crippen LogP contribution in [-0.4, -0.2) is 47.4 Å². The van der Waals surface area contributed by atoms with Gasteiger partial charge >= 0.3 is 0 Å². The van der Waals surface area contributed by atoms with E-state index in [4.69, 9.17) is 0 Å². The first-order valence-electron chi connectivity index (χ1n) is 6.36. The van der Waals surface area contributed by atoms with Crippen LogP contribution >= 0.6 is 0 Å². The number of hydrogen-bond acceptors (Lipinski definition) is 5. The molecule has 1 aliphatic heterocycles. The van der Waals surface area contributed by atoms with E-state index in [0.29, 0.717) is 19.5 Å². The van der Waals surface area contributed by atoms with Crippen molar-refractivity contribution in [2.75, 3.05) is 19.3 Å². The van der Waals surface area contributed by atoms with Crippen LogP contribution in [-0.2, 0) is 10.0 Å². The zero-order chi connectivity index (χ0) is 13.9. The number of rotatable bonds is 4. The molecule has 106 valence electrons. The molecule has 0 saturated carbocycles. The van der Waals surface area contributed by atoms with Gasteiger partial charge in [0.25, 0.3) is 0 Å². The van der Waals surface area contributed by atoms with Crippen LogP contribution in [0.4, 0.5) is 0 Å². The van der Waals surface area contributed by atoms with Gasteiger partial charge in [0.15, 0.2) is 0 Å². The van der Waals surface area contributed by atoms with E-state index in [-0.39, 0.29) is 5.92 Å². The predicted molar refractivity (Wildman–Crippen MR) is 70.7 cm³/mol. The van der Waals surface area contributed by atoms with Crippen molar-refractivity contribution in [1.82, 2.24) is 14.5 Å². The molecule has 6 nitrogen and oxygen atoms in total. The van der Waals surface area contributed by atoms with E-state index in [1.807, 2.05) is 0 Å². The van der Waals surface area contributed by atoms with Gasteiger partial charge in [-0.1, -0.05) is 0 Å². The van der Waals surface area contributed by atoms with Crippen LogP contribution in [0.15, 0.2) is 18.5 Å². The van der Waals surface area contributed by atoms with Crippen LogP contribution in [0.2, 0.25) is 0 Å². The molecule has 1 fully saturated rings. The van der Waals surface area contributed by atoms with Gasteiger partial charge in [0.2, 0.25) is 10.0 Å². The monoisotopic (exact) mass is 285 g/mol. The second-order valence-electron chi connectivity index (χ2n) is 5.06. The number of sulfonamides is 1. The van der Waals surface area contributed by atoms with Crippen molar-refractivity contribution in [3.05, 3.63) is 24.0 Å². The van der Waals surface area contributed by atoms with Crippen molar-refractivity contribution in [3.8, 4) is 0 Å². The third-order valence-corrected chi connectivity index (χ3v) is 4.77. The number of aromatic nitrogens is 2. The van der Waals surface area contributed by atoms with E-state index in [9.17, 15) is 13.5 Å². The molecule has 0 aromatic carbocycles. The summed E-state index contributed by atoms with van der Waals surface area (Å²) in [7, 11) is -3.13. The molecule has 0 aliphatic carbocycles. The van der Waals surface area contributed by atoms with Crippen molar-refractivity contribution < 1.29 is 13.5 Å². The summed E-state index contributed by atoms with van der Waals surface area (Å²) in [5.74, 6) is 0.187. The van der Waals surface area contributed by atoms with Crippen molar-refractivity contribution >= 4 is 10.0 Å². The highest BCUT2D eigenvalue weighted by Crippen LogP contribution is 2.27. The molecular formula is C12H19N3O3S. The Kier molecular flexibility index (Phi) is 4.49. The number of nitrogens with zero attached hydrogens (tertiary/aromatic N) is 3. The highest BCUT2D eigenvalue weighted by atomic mass is 32.2. The Morgan fingerprint density at radius 3 is 2.95 bits per heavy atom. The number of piperidine rings is 1. The third kappa shape index (κ3) is 3.95. The maximum atomic E-state index is 11.5. The predicted octanol–water partition coefficient (Wildman–Crippen LogP) is 0.572. The van der Waals surface area contributed by atoms with Gasteiger partial charge in [0.1, 0.15) is 0 Å². The van der Waals surface area contributed by atoms with Crippen LogP contribution in [0.5, 0.6) is 0 Å². The number of aliphatic hydroxyl groups excluding tert-OH is 1. The lowest BCUT2D eigenvalue weighted by Gasteiger charge is -2.31. The SMILES string of the molecule is CS(=O)(=O)N1CCCC(CC(O)c2ccnnc2)C1. The fraction of sp³-hybridized carbons (Fsp3) is 0.667. The minimum Gasteiger partial charge on any atom is -0.388 e. The zero-order valence-electron chi connectivity index (χ0n) is 10.9. The Hall–Kier alpha value is -1.05. The van der Waals surface area contributed by atoms with Crippen molar-refractivity contribution in [3.63, 3.8) is 0 Å². The van der Waals surface area contributed by atoms with Gasteiger partial charge < -0.3 is 5.11 Å². The maximum absolute atomic E-state index is 11.5. The fourth-order valence-corrected chi connectivity index (χ4v) is 3.41. The summed E-state index contributed by atoms with van der Waals surface area (Å²) < 4.78 is 24.6. The van der Waals surface area contributed by atoms with Crippen molar-refractivity contribution in [2.45, 2.75) is 25.4 Å². The van der Waals surface area contributed by atoms with Gasteiger partial charge in [0.05, 0.1) is 18.6 Å². The largest absolute Gasteiger partial charge is 0.388 e.